The number of nitrogens with zero attached hydrogens (tertiary/aromatic N) is 3. The summed E-state index contributed by atoms with van der Waals surface area (Å²) in [6.07, 6.45) is 9.76. The van der Waals surface area contributed by atoms with E-state index >= 15 is 0 Å². The highest BCUT2D eigenvalue weighted by atomic mass is 35.5. The lowest BCUT2D eigenvalue weighted by molar-refractivity contribution is -0.000603. The number of carbonyl (C=O) groups is 1. The van der Waals surface area contributed by atoms with Gasteiger partial charge in [-0.3, -0.25) is 9.48 Å². The zero-order valence-electron chi connectivity index (χ0n) is 17.6. The summed E-state index contributed by atoms with van der Waals surface area (Å²) in [5.41, 5.74) is 4.15. The molecule has 0 atom stereocenters. The lowest BCUT2D eigenvalue weighted by atomic mass is 9.54. The normalized spacial score (nSPS) is 17.3. The van der Waals surface area contributed by atoms with E-state index in [1.54, 1.807) is 23.6 Å². The number of amides is 1. The Bertz CT molecular complexity index is 1280. The third-order valence-electron chi connectivity index (χ3n) is 7.07. The molecule has 1 amide bonds. The number of nitrogens with one attached hydrogen (secondary N) is 1. The smallest absolute Gasteiger partial charge is 0.253 e. The van der Waals surface area contributed by atoms with E-state index in [4.69, 9.17) is 11.6 Å². The highest BCUT2D eigenvalue weighted by Gasteiger charge is 2.48. The van der Waals surface area contributed by atoms with Crippen molar-refractivity contribution in [2.45, 2.75) is 44.7 Å². The van der Waals surface area contributed by atoms with E-state index in [-0.39, 0.29) is 11.9 Å². The monoisotopic (exact) mass is 462 g/mol. The Balaban J connectivity index is 1.26. The van der Waals surface area contributed by atoms with Crippen molar-refractivity contribution < 1.29 is 4.79 Å². The first kappa shape index (κ1) is 19.9. The van der Waals surface area contributed by atoms with E-state index < -0.39 is 0 Å². The van der Waals surface area contributed by atoms with Gasteiger partial charge in [-0.1, -0.05) is 42.3 Å². The fourth-order valence-electron chi connectivity index (χ4n) is 5.20. The van der Waals surface area contributed by atoms with E-state index in [9.17, 15) is 4.79 Å². The van der Waals surface area contributed by atoms with Gasteiger partial charge in [-0.25, -0.2) is 4.98 Å². The fourth-order valence-corrected chi connectivity index (χ4v) is 6.05. The molecule has 0 aliphatic heterocycles. The van der Waals surface area contributed by atoms with Gasteiger partial charge in [-0.15, -0.1) is 11.3 Å². The Morgan fingerprint density at radius 1 is 1.19 bits per heavy atom. The van der Waals surface area contributed by atoms with E-state index in [0.29, 0.717) is 22.5 Å². The Hall–Kier alpha value is -2.70. The summed E-state index contributed by atoms with van der Waals surface area (Å²) in [4.78, 5) is 17.5. The molecule has 2 saturated carbocycles. The molecule has 6 rings (SSSR count). The molecule has 2 fully saturated rings. The molecule has 0 unspecified atom stereocenters. The summed E-state index contributed by atoms with van der Waals surface area (Å²) in [5, 5.41) is 12.2. The highest BCUT2D eigenvalue weighted by Crippen LogP contribution is 2.55. The summed E-state index contributed by atoms with van der Waals surface area (Å²) in [7, 11) is 0. The molecule has 4 aromatic rings. The van der Waals surface area contributed by atoms with E-state index in [0.717, 1.165) is 39.9 Å². The molecule has 162 valence electrons. The van der Waals surface area contributed by atoms with E-state index in [1.165, 1.54) is 19.3 Å². The molecule has 2 aromatic carbocycles. The van der Waals surface area contributed by atoms with Crippen molar-refractivity contribution in [3.8, 4) is 10.6 Å². The zero-order valence-corrected chi connectivity index (χ0v) is 19.1. The lowest BCUT2D eigenvalue weighted by Crippen LogP contribution is -2.53. The van der Waals surface area contributed by atoms with Crippen molar-refractivity contribution >= 4 is 39.7 Å². The molecule has 0 radical (unpaired) electrons. The molecule has 0 bridgehead atoms. The van der Waals surface area contributed by atoms with Gasteiger partial charge in [0.25, 0.3) is 5.91 Å². The molecule has 32 heavy (non-hydrogen) atoms. The predicted octanol–water partition coefficient (Wildman–Crippen LogP) is 5.92. The number of halogens is 1. The van der Waals surface area contributed by atoms with Gasteiger partial charge in [0.1, 0.15) is 5.01 Å². The molecular weight excluding hydrogens is 440 g/mol. The van der Waals surface area contributed by atoms with Crippen molar-refractivity contribution in [3.05, 3.63) is 70.3 Å². The summed E-state index contributed by atoms with van der Waals surface area (Å²) in [5.74, 6) is -0.0355. The van der Waals surface area contributed by atoms with Gasteiger partial charge < -0.3 is 5.32 Å². The minimum Gasteiger partial charge on any atom is -0.349 e. The molecule has 0 saturated heterocycles. The van der Waals surface area contributed by atoms with Crippen LogP contribution in [-0.2, 0) is 6.54 Å². The van der Waals surface area contributed by atoms with Crippen molar-refractivity contribution in [1.29, 1.82) is 0 Å². The number of rotatable bonds is 5. The zero-order chi connectivity index (χ0) is 21.7. The van der Waals surface area contributed by atoms with Crippen LogP contribution in [0.15, 0.2) is 54.2 Å². The fraction of sp³-hybridized carbons (Fsp3) is 0.320. The summed E-state index contributed by atoms with van der Waals surface area (Å²) in [6.45, 7) is 0.564. The molecule has 5 nitrogen and oxygen atoms in total. The van der Waals surface area contributed by atoms with Crippen LogP contribution in [0.3, 0.4) is 0 Å². The molecule has 2 aliphatic carbocycles. The maximum Gasteiger partial charge on any atom is 0.253 e. The average Bonchev–Trinajstić information content (AvgIpc) is 3.41. The van der Waals surface area contributed by atoms with Crippen molar-refractivity contribution in [3.63, 3.8) is 0 Å². The number of benzene rings is 2. The van der Waals surface area contributed by atoms with Gasteiger partial charge in [-0.2, -0.15) is 5.10 Å². The van der Waals surface area contributed by atoms with E-state index in [2.05, 4.69) is 39.7 Å². The second kappa shape index (κ2) is 7.71. The number of fused-ring (bicyclic) bond motifs is 1. The molecule has 2 aliphatic rings. The van der Waals surface area contributed by atoms with Crippen LogP contribution in [0.4, 0.5) is 0 Å². The van der Waals surface area contributed by atoms with Crippen LogP contribution in [-0.4, -0.2) is 26.7 Å². The molecule has 1 spiro atoms. The Morgan fingerprint density at radius 2 is 2.00 bits per heavy atom. The minimum atomic E-state index is -0.0355. The number of hydrogen-bond acceptors (Lipinski definition) is 4. The number of thiazole rings is 1. The maximum atomic E-state index is 13.2. The summed E-state index contributed by atoms with van der Waals surface area (Å²) >= 11 is 8.07. The summed E-state index contributed by atoms with van der Waals surface area (Å²) < 4.78 is 1.88. The van der Waals surface area contributed by atoms with Crippen LogP contribution in [0.25, 0.3) is 21.5 Å². The third kappa shape index (κ3) is 3.42. The third-order valence-corrected chi connectivity index (χ3v) is 8.22. The lowest BCUT2D eigenvalue weighted by Gasteiger charge is -2.54. The first-order chi connectivity index (χ1) is 15.6. The van der Waals surface area contributed by atoms with Crippen LogP contribution in [0.2, 0.25) is 5.02 Å². The highest BCUT2D eigenvalue weighted by molar-refractivity contribution is 7.13. The summed E-state index contributed by atoms with van der Waals surface area (Å²) in [6, 6.07) is 12.2. The van der Waals surface area contributed by atoms with Crippen molar-refractivity contribution in [1.82, 2.24) is 20.1 Å². The van der Waals surface area contributed by atoms with Crippen molar-refractivity contribution in [2.75, 3.05) is 0 Å². The molecule has 1 N–H and O–H groups in total. The SMILES string of the molecule is O=C(NC1CC2(CCC2)C1)c1ccc(Cl)c2cnn(Cc3ccc(-c4nccs4)cc3)c12. The Morgan fingerprint density at radius 3 is 2.69 bits per heavy atom. The predicted molar refractivity (Wildman–Crippen MR) is 128 cm³/mol. The van der Waals surface area contributed by atoms with Gasteiger partial charge in [0.15, 0.2) is 0 Å². The topological polar surface area (TPSA) is 59.8 Å². The van der Waals surface area contributed by atoms with Gasteiger partial charge >= 0.3 is 0 Å². The average molecular weight is 463 g/mol. The number of aromatic nitrogens is 3. The van der Waals surface area contributed by atoms with Gasteiger partial charge in [-0.05, 0) is 48.8 Å². The van der Waals surface area contributed by atoms with E-state index in [1.807, 2.05) is 22.3 Å². The van der Waals surface area contributed by atoms with Gasteiger partial charge in [0.2, 0.25) is 0 Å². The Labute approximate surface area is 195 Å². The quantitative estimate of drug-likeness (QED) is 0.400. The maximum absolute atomic E-state index is 13.2. The molecule has 2 aromatic heterocycles. The van der Waals surface area contributed by atoms with Gasteiger partial charge in [0, 0.05) is 28.6 Å². The molecule has 2 heterocycles. The van der Waals surface area contributed by atoms with Crippen LogP contribution in [0, 0.1) is 5.41 Å². The second-order valence-electron chi connectivity index (χ2n) is 9.13. The molecule has 7 heteroatoms. The molecular formula is C25H23ClN4OS. The van der Waals surface area contributed by atoms with Gasteiger partial charge in [0.05, 0.1) is 28.8 Å². The van der Waals surface area contributed by atoms with Crippen LogP contribution in [0.5, 0.6) is 0 Å². The van der Waals surface area contributed by atoms with Crippen molar-refractivity contribution in [2.24, 2.45) is 5.41 Å². The second-order valence-corrected chi connectivity index (χ2v) is 10.4. The number of carbonyl (C=O) groups excluding carboxylic acids is 1. The van der Waals surface area contributed by atoms with Crippen LogP contribution >= 0.6 is 22.9 Å². The largest absolute Gasteiger partial charge is 0.349 e. The van der Waals surface area contributed by atoms with Crippen LogP contribution < -0.4 is 5.32 Å². The first-order valence-electron chi connectivity index (χ1n) is 11.0. The number of hydrogen-bond donors (Lipinski definition) is 1. The standard InChI is InChI=1S/C25H23ClN4OS/c26-21-7-6-19(23(31)29-18-12-25(13-18)8-1-9-25)22-20(21)14-28-30(22)15-16-2-4-17(5-3-16)24-27-10-11-32-24/h2-7,10-11,14,18H,1,8-9,12-13,15H2,(H,29,31). The Kier molecular flexibility index (Phi) is 4.81. The van der Waals surface area contributed by atoms with Crippen LogP contribution in [0.1, 0.15) is 48.0 Å². The minimum absolute atomic E-state index is 0.0355. The first-order valence-corrected chi connectivity index (χ1v) is 12.3.